The number of nitrogen functional groups attached to an aromatic ring is 1. The van der Waals surface area contributed by atoms with Gasteiger partial charge in [0.05, 0.1) is 5.69 Å². The van der Waals surface area contributed by atoms with Crippen LogP contribution in [0.1, 0.15) is 26.2 Å². The van der Waals surface area contributed by atoms with Crippen LogP contribution in [0.15, 0.2) is 48.7 Å². The number of halogens is 1. The molecule has 3 aromatic rings. The van der Waals surface area contributed by atoms with Crippen LogP contribution >= 0.6 is 12.4 Å². The molecule has 0 saturated carbocycles. The lowest BCUT2D eigenvalue weighted by Gasteiger charge is -2.04. The summed E-state index contributed by atoms with van der Waals surface area (Å²) in [5.74, 6) is 0.606. The van der Waals surface area contributed by atoms with E-state index in [4.69, 9.17) is 5.73 Å². The van der Waals surface area contributed by atoms with Crippen LogP contribution in [0.25, 0.3) is 22.0 Å². The van der Waals surface area contributed by atoms with Crippen LogP contribution in [0.3, 0.4) is 0 Å². The van der Waals surface area contributed by atoms with Gasteiger partial charge in [-0.2, -0.15) is 0 Å². The molecule has 1 aromatic heterocycles. The van der Waals surface area contributed by atoms with Gasteiger partial charge in [-0.15, -0.1) is 12.4 Å². The molecule has 2 aromatic carbocycles. The van der Waals surface area contributed by atoms with E-state index in [0.717, 1.165) is 24.2 Å². The van der Waals surface area contributed by atoms with Crippen LogP contribution in [0, 0.1) is 0 Å². The van der Waals surface area contributed by atoms with Gasteiger partial charge >= 0.3 is 0 Å². The Balaban J connectivity index is 0.00000176. The van der Waals surface area contributed by atoms with Crippen molar-refractivity contribution in [2.45, 2.75) is 32.7 Å². The number of benzene rings is 2. The third-order valence-electron chi connectivity index (χ3n) is 3.88. The highest BCUT2D eigenvalue weighted by Gasteiger charge is 2.09. The van der Waals surface area contributed by atoms with E-state index in [2.05, 4.69) is 65.1 Å². The van der Waals surface area contributed by atoms with Gasteiger partial charge in [-0.1, -0.05) is 62.2 Å². The first-order valence-electron chi connectivity index (χ1n) is 7.60. The second-order valence-corrected chi connectivity index (χ2v) is 5.41. The summed E-state index contributed by atoms with van der Waals surface area (Å²) in [6, 6.07) is 14.7. The minimum Gasteiger partial charge on any atom is -0.369 e. The van der Waals surface area contributed by atoms with Crippen molar-refractivity contribution in [3.63, 3.8) is 0 Å². The average molecular weight is 316 g/mol. The van der Waals surface area contributed by atoms with E-state index in [0.29, 0.717) is 5.95 Å². The van der Waals surface area contributed by atoms with Crippen molar-refractivity contribution in [3.05, 3.63) is 48.7 Å². The number of nitrogens with two attached hydrogens (primary N) is 1. The van der Waals surface area contributed by atoms with Crippen molar-refractivity contribution in [1.82, 2.24) is 9.55 Å². The Morgan fingerprint density at radius 2 is 1.82 bits per heavy atom. The molecule has 0 aliphatic heterocycles. The maximum Gasteiger partial charge on any atom is 0.200 e. The van der Waals surface area contributed by atoms with Gasteiger partial charge in [0.2, 0.25) is 5.95 Å². The fraction of sp³-hybridized carbons (Fsp3) is 0.278. The van der Waals surface area contributed by atoms with Crippen molar-refractivity contribution in [2.75, 3.05) is 5.73 Å². The van der Waals surface area contributed by atoms with Gasteiger partial charge in [-0.25, -0.2) is 4.98 Å². The van der Waals surface area contributed by atoms with E-state index in [1.54, 1.807) is 0 Å². The monoisotopic (exact) mass is 315 g/mol. The van der Waals surface area contributed by atoms with Crippen molar-refractivity contribution >= 4 is 29.1 Å². The first kappa shape index (κ1) is 16.4. The highest BCUT2D eigenvalue weighted by Crippen LogP contribution is 2.28. The predicted molar refractivity (Wildman–Crippen MR) is 96.4 cm³/mol. The summed E-state index contributed by atoms with van der Waals surface area (Å²) in [6.45, 7) is 3.15. The summed E-state index contributed by atoms with van der Waals surface area (Å²) in [5, 5.41) is 2.45. The normalized spacial score (nSPS) is 10.6. The molecule has 0 saturated heterocycles. The zero-order valence-corrected chi connectivity index (χ0v) is 13.6. The van der Waals surface area contributed by atoms with Gasteiger partial charge in [0.1, 0.15) is 0 Å². The lowest BCUT2D eigenvalue weighted by atomic mass is 10.0. The molecule has 1 heterocycles. The number of hydrogen-bond acceptors (Lipinski definition) is 2. The number of nitrogens with zero attached hydrogens (tertiary/aromatic N) is 2. The number of fused-ring (bicyclic) bond motifs is 1. The molecule has 116 valence electrons. The zero-order chi connectivity index (χ0) is 14.7. The van der Waals surface area contributed by atoms with Crippen molar-refractivity contribution in [2.24, 2.45) is 0 Å². The minimum absolute atomic E-state index is 0. The van der Waals surface area contributed by atoms with Crippen LogP contribution in [0.2, 0.25) is 0 Å². The third kappa shape index (κ3) is 3.25. The van der Waals surface area contributed by atoms with Crippen LogP contribution in [-0.4, -0.2) is 9.55 Å². The molecule has 0 spiro atoms. The first-order chi connectivity index (χ1) is 10.3. The van der Waals surface area contributed by atoms with Gasteiger partial charge in [0.25, 0.3) is 0 Å². The van der Waals surface area contributed by atoms with Crippen molar-refractivity contribution in [3.8, 4) is 11.3 Å². The molecular weight excluding hydrogens is 294 g/mol. The summed E-state index contributed by atoms with van der Waals surface area (Å²) in [5.41, 5.74) is 8.16. The largest absolute Gasteiger partial charge is 0.369 e. The van der Waals surface area contributed by atoms with Crippen LogP contribution in [-0.2, 0) is 6.54 Å². The molecule has 3 nitrogen and oxygen atoms in total. The smallest absolute Gasteiger partial charge is 0.200 e. The molecule has 0 bridgehead atoms. The highest BCUT2D eigenvalue weighted by atomic mass is 35.5. The molecule has 0 radical (unpaired) electrons. The van der Waals surface area contributed by atoms with Crippen LogP contribution < -0.4 is 5.73 Å². The van der Waals surface area contributed by atoms with E-state index >= 15 is 0 Å². The number of hydrogen-bond donors (Lipinski definition) is 1. The minimum atomic E-state index is 0. The Bertz CT molecular complexity index is 744. The maximum atomic E-state index is 6.06. The number of rotatable bonds is 5. The molecule has 3 rings (SSSR count). The Labute approximate surface area is 137 Å². The average Bonchev–Trinajstić information content (AvgIpc) is 2.88. The van der Waals surface area contributed by atoms with Crippen molar-refractivity contribution < 1.29 is 0 Å². The summed E-state index contributed by atoms with van der Waals surface area (Å²) >= 11 is 0. The zero-order valence-electron chi connectivity index (χ0n) is 12.8. The third-order valence-corrected chi connectivity index (χ3v) is 3.88. The summed E-state index contributed by atoms with van der Waals surface area (Å²) in [7, 11) is 0. The Kier molecular flexibility index (Phi) is 5.45. The van der Waals surface area contributed by atoms with E-state index in [1.165, 1.54) is 23.6 Å². The fourth-order valence-electron chi connectivity index (χ4n) is 2.72. The highest BCUT2D eigenvalue weighted by molar-refractivity contribution is 5.95. The summed E-state index contributed by atoms with van der Waals surface area (Å²) in [6.07, 6.45) is 5.66. The fourth-order valence-corrected chi connectivity index (χ4v) is 2.72. The summed E-state index contributed by atoms with van der Waals surface area (Å²) < 4.78 is 2.06. The SMILES string of the molecule is CCCCCn1cc(-c2cccc3ccccc23)nc1N.Cl. The lowest BCUT2D eigenvalue weighted by molar-refractivity contribution is 0.608. The predicted octanol–water partition coefficient (Wildman–Crippen LogP) is 4.90. The van der Waals surface area contributed by atoms with Gasteiger partial charge in [-0.3, -0.25) is 0 Å². The first-order valence-corrected chi connectivity index (χ1v) is 7.60. The second kappa shape index (κ2) is 7.32. The van der Waals surface area contributed by atoms with E-state index in [9.17, 15) is 0 Å². The van der Waals surface area contributed by atoms with Gasteiger partial charge < -0.3 is 10.3 Å². The molecule has 4 heteroatoms. The quantitative estimate of drug-likeness (QED) is 0.681. The molecule has 0 atom stereocenters. The number of unbranched alkanes of at least 4 members (excludes halogenated alkanes) is 2. The van der Waals surface area contributed by atoms with Gasteiger partial charge in [0.15, 0.2) is 0 Å². The van der Waals surface area contributed by atoms with Gasteiger partial charge in [-0.05, 0) is 17.2 Å². The maximum absolute atomic E-state index is 6.06. The molecule has 0 unspecified atom stereocenters. The molecule has 0 aliphatic carbocycles. The molecule has 0 aliphatic rings. The molecular formula is C18H22ClN3. The van der Waals surface area contributed by atoms with E-state index in [-0.39, 0.29) is 12.4 Å². The molecule has 22 heavy (non-hydrogen) atoms. The van der Waals surface area contributed by atoms with Crippen molar-refractivity contribution in [1.29, 1.82) is 0 Å². The van der Waals surface area contributed by atoms with Crippen LogP contribution in [0.5, 0.6) is 0 Å². The number of aromatic nitrogens is 2. The number of imidazole rings is 1. The Morgan fingerprint density at radius 3 is 2.64 bits per heavy atom. The molecule has 0 fully saturated rings. The topological polar surface area (TPSA) is 43.8 Å². The van der Waals surface area contributed by atoms with E-state index in [1.807, 2.05) is 0 Å². The standard InChI is InChI=1S/C18H21N3.ClH/c1-2-3-6-12-21-13-17(20-18(21)19)16-11-7-9-14-8-4-5-10-15(14)16;/h4-5,7-11,13H,2-3,6,12H2,1H3,(H2,19,20);1H. The van der Waals surface area contributed by atoms with Gasteiger partial charge in [0, 0.05) is 18.3 Å². The Hall–Kier alpha value is -2.00. The van der Waals surface area contributed by atoms with Crippen LogP contribution in [0.4, 0.5) is 5.95 Å². The summed E-state index contributed by atoms with van der Waals surface area (Å²) in [4.78, 5) is 4.55. The Morgan fingerprint density at radius 1 is 1.05 bits per heavy atom. The second-order valence-electron chi connectivity index (χ2n) is 5.41. The van der Waals surface area contributed by atoms with E-state index < -0.39 is 0 Å². The number of aryl methyl sites for hydroxylation is 1. The molecule has 0 amide bonds. The lowest BCUT2D eigenvalue weighted by Crippen LogP contribution is -2.02. The molecule has 2 N–H and O–H groups in total. The number of anilines is 1.